The van der Waals surface area contributed by atoms with Crippen LogP contribution in [0, 0.1) is 11.8 Å². The molecule has 2 fully saturated rings. The van der Waals surface area contributed by atoms with E-state index in [0.717, 1.165) is 64.2 Å². The zero-order valence-electron chi connectivity index (χ0n) is 25.1. The van der Waals surface area contributed by atoms with Crippen molar-refractivity contribution in [1.82, 2.24) is 10.6 Å². The number of aliphatic carboxylic acids is 1. The molecule has 2 aliphatic rings. The van der Waals surface area contributed by atoms with E-state index in [2.05, 4.69) is 72.6 Å². The molecule has 6 heteroatoms. The highest BCUT2D eigenvalue weighted by atomic mass is 16.6. The summed E-state index contributed by atoms with van der Waals surface area (Å²) in [6.07, 6.45) is 11.8. The number of ether oxygens (including phenoxy) is 1. The highest BCUT2D eigenvalue weighted by Gasteiger charge is 2.55. The van der Waals surface area contributed by atoms with Gasteiger partial charge in [0.2, 0.25) is 0 Å². The van der Waals surface area contributed by atoms with E-state index in [1.165, 1.54) is 0 Å². The summed E-state index contributed by atoms with van der Waals surface area (Å²) in [5.74, 6) is -0.475. The van der Waals surface area contributed by atoms with Gasteiger partial charge in [-0.1, -0.05) is 32.3 Å². The van der Waals surface area contributed by atoms with E-state index >= 15 is 0 Å². The molecular weight excluding hydrogens is 464 g/mol. The predicted octanol–water partition coefficient (Wildman–Crippen LogP) is 6.77. The molecule has 0 atom stereocenters. The van der Waals surface area contributed by atoms with Gasteiger partial charge in [0.15, 0.2) is 0 Å². The largest absolute Gasteiger partial charge is 0.481 e. The number of carbonyl (C=O) groups excluding carboxylic acids is 1. The summed E-state index contributed by atoms with van der Waals surface area (Å²) in [4.78, 5) is 24.0. The molecule has 0 aromatic heterocycles. The maximum Gasteiger partial charge on any atom is 0.306 e. The second-order valence-corrected chi connectivity index (χ2v) is 14.5. The van der Waals surface area contributed by atoms with Crippen LogP contribution in [0.3, 0.4) is 0 Å². The Morgan fingerprint density at radius 1 is 0.757 bits per heavy atom. The Balaban J connectivity index is 2.17. The Hall–Kier alpha value is -1.40. The van der Waals surface area contributed by atoms with Gasteiger partial charge in [-0.15, -0.1) is 0 Å². The van der Waals surface area contributed by atoms with Gasteiger partial charge in [0, 0.05) is 46.8 Å². The van der Waals surface area contributed by atoms with E-state index in [9.17, 15) is 9.59 Å². The topological polar surface area (TPSA) is 87.7 Å². The molecule has 0 aromatic rings. The third kappa shape index (κ3) is 9.69. The molecule has 0 aromatic carbocycles. The molecule has 2 rings (SSSR count). The average Bonchev–Trinajstić information content (AvgIpc) is 2.69. The van der Waals surface area contributed by atoms with E-state index in [0.29, 0.717) is 6.42 Å². The van der Waals surface area contributed by atoms with Crippen molar-refractivity contribution < 1.29 is 19.4 Å². The number of carbonyl (C=O) groups is 2. The van der Waals surface area contributed by atoms with Crippen LogP contribution < -0.4 is 10.6 Å². The van der Waals surface area contributed by atoms with E-state index in [1.54, 1.807) is 0 Å². The van der Waals surface area contributed by atoms with Crippen molar-refractivity contribution in [3.05, 3.63) is 12.7 Å². The number of carboxylic acids is 1. The summed E-state index contributed by atoms with van der Waals surface area (Å²) in [5, 5.41) is 16.4. The lowest BCUT2D eigenvalue weighted by molar-refractivity contribution is -0.177. The number of rotatable bonds is 13. The molecule has 0 radical (unpaired) electrons. The third-order valence-corrected chi connectivity index (χ3v) is 8.29. The Morgan fingerprint density at radius 2 is 1.11 bits per heavy atom. The molecule has 2 heterocycles. The smallest absolute Gasteiger partial charge is 0.306 e. The molecule has 2 aliphatic heterocycles. The number of nitrogens with one attached hydrogen (secondary N) is 2. The highest BCUT2D eigenvalue weighted by Crippen LogP contribution is 2.50. The first-order valence-electron chi connectivity index (χ1n) is 14.6. The lowest BCUT2D eigenvalue weighted by atomic mass is 9.60. The molecular formula is C31H56N2O4. The van der Waals surface area contributed by atoms with Crippen LogP contribution in [0.1, 0.15) is 132 Å². The number of esters is 1. The third-order valence-electron chi connectivity index (χ3n) is 8.29. The van der Waals surface area contributed by atoms with Crippen molar-refractivity contribution in [1.29, 1.82) is 0 Å². The summed E-state index contributed by atoms with van der Waals surface area (Å²) in [7, 11) is 0. The second-order valence-electron chi connectivity index (χ2n) is 14.5. The predicted molar refractivity (Wildman–Crippen MR) is 152 cm³/mol. The van der Waals surface area contributed by atoms with Gasteiger partial charge in [0.1, 0.15) is 5.60 Å². The van der Waals surface area contributed by atoms with Gasteiger partial charge < -0.3 is 20.5 Å². The van der Waals surface area contributed by atoms with Gasteiger partial charge in [-0.2, -0.15) is 0 Å². The summed E-state index contributed by atoms with van der Waals surface area (Å²) < 4.78 is 6.63. The van der Waals surface area contributed by atoms with Crippen molar-refractivity contribution >= 4 is 11.9 Å². The Morgan fingerprint density at radius 3 is 1.46 bits per heavy atom. The molecule has 0 amide bonds. The Bertz CT molecular complexity index is 729. The van der Waals surface area contributed by atoms with Crippen LogP contribution >= 0.6 is 0 Å². The maximum atomic E-state index is 13.4. The fourth-order valence-corrected chi connectivity index (χ4v) is 7.66. The van der Waals surface area contributed by atoms with Crippen molar-refractivity contribution in [3.8, 4) is 0 Å². The number of unbranched alkanes of at least 4 members (excludes halogenated alkanes) is 5. The van der Waals surface area contributed by atoms with Gasteiger partial charge in [-0.25, -0.2) is 0 Å². The number of carboxylic acid groups (broad SMARTS) is 1. The van der Waals surface area contributed by atoms with Gasteiger partial charge in [0.05, 0.1) is 0 Å². The molecule has 6 nitrogen and oxygen atoms in total. The zero-order valence-corrected chi connectivity index (χ0v) is 25.1. The molecule has 2 saturated heterocycles. The van der Waals surface area contributed by atoms with Crippen LogP contribution in [0.5, 0.6) is 0 Å². The van der Waals surface area contributed by atoms with Gasteiger partial charge in [-0.3, -0.25) is 9.59 Å². The fraction of sp³-hybridized carbons (Fsp3) is 0.871. The highest BCUT2D eigenvalue weighted by molar-refractivity contribution is 5.70. The van der Waals surface area contributed by atoms with Crippen molar-refractivity contribution in [3.63, 3.8) is 0 Å². The Kier molecular flexibility index (Phi) is 10.5. The minimum atomic E-state index is -0.727. The maximum absolute atomic E-state index is 13.4. The van der Waals surface area contributed by atoms with Crippen LogP contribution in [0.4, 0.5) is 0 Å². The van der Waals surface area contributed by atoms with E-state index in [-0.39, 0.29) is 46.4 Å². The van der Waals surface area contributed by atoms with Crippen LogP contribution in [0.15, 0.2) is 12.7 Å². The summed E-state index contributed by atoms with van der Waals surface area (Å²) in [5.41, 5.74) is -0.962. The first-order chi connectivity index (χ1) is 16.9. The van der Waals surface area contributed by atoms with E-state index < -0.39 is 11.6 Å². The molecule has 0 bridgehead atoms. The quantitative estimate of drug-likeness (QED) is 0.141. The van der Waals surface area contributed by atoms with Gasteiger partial charge in [-0.05, 0) is 100.0 Å². The molecule has 3 N–H and O–H groups in total. The Labute approximate surface area is 226 Å². The zero-order chi connectivity index (χ0) is 28.1. The normalized spacial score (nSPS) is 23.4. The number of hydrogen-bond donors (Lipinski definition) is 3. The van der Waals surface area contributed by atoms with Crippen LogP contribution in [0.2, 0.25) is 0 Å². The van der Waals surface area contributed by atoms with Crippen LogP contribution in [0.25, 0.3) is 0 Å². The number of piperidine rings is 2. The summed E-state index contributed by atoms with van der Waals surface area (Å²) in [6, 6.07) is 0. The second kappa shape index (κ2) is 12.2. The van der Waals surface area contributed by atoms with Crippen molar-refractivity contribution in [2.24, 2.45) is 11.8 Å². The molecule has 0 saturated carbocycles. The van der Waals surface area contributed by atoms with Crippen molar-refractivity contribution in [2.45, 2.75) is 160 Å². The number of hydrogen-bond acceptors (Lipinski definition) is 5. The lowest BCUT2D eigenvalue weighted by Gasteiger charge is -2.57. The fourth-order valence-electron chi connectivity index (χ4n) is 7.66. The van der Waals surface area contributed by atoms with Gasteiger partial charge in [0.25, 0.3) is 0 Å². The van der Waals surface area contributed by atoms with Crippen LogP contribution in [-0.2, 0) is 14.3 Å². The summed E-state index contributed by atoms with van der Waals surface area (Å²) in [6.45, 7) is 22.3. The van der Waals surface area contributed by atoms with Crippen molar-refractivity contribution in [2.75, 3.05) is 0 Å². The summed E-state index contributed by atoms with van der Waals surface area (Å²) >= 11 is 0. The lowest BCUT2D eigenvalue weighted by Crippen LogP contribution is -2.66. The van der Waals surface area contributed by atoms with Gasteiger partial charge >= 0.3 is 11.9 Å². The first-order valence-corrected chi connectivity index (χ1v) is 14.6. The van der Waals surface area contributed by atoms with Crippen LogP contribution in [-0.4, -0.2) is 44.8 Å². The standard InChI is InChI=1S/C31H56N2O4/c1-10-31(23-19-27(2,3)32-28(4,5)20-23,24-21-29(6,7)33-30(8,9)22-24)37-26(36)18-16-14-12-11-13-15-17-25(34)35/h10,23-24,32-33H,1,11-22H2,2-9H3,(H,34,35). The molecule has 37 heavy (non-hydrogen) atoms. The monoisotopic (exact) mass is 520 g/mol. The van der Waals surface area contributed by atoms with E-state index in [4.69, 9.17) is 9.84 Å². The SMILES string of the molecule is C=CC(OC(=O)CCCCCCCCC(=O)O)(C1CC(C)(C)NC(C)(C)C1)C1CC(C)(C)NC(C)(C)C1. The molecule has 214 valence electrons. The molecule has 0 spiro atoms. The van der Waals surface area contributed by atoms with E-state index in [1.807, 2.05) is 6.08 Å². The molecule has 0 aliphatic carbocycles. The average molecular weight is 521 g/mol. The first kappa shape index (κ1) is 31.8. The minimum Gasteiger partial charge on any atom is -0.481 e. The minimum absolute atomic E-state index is 0.0638. The molecule has 0 unspecified atom stereocenters.